The van der Waals surface area contributed by atoms with Crippen molar-refractivity contribution in [3.63, 3.8) is 0 Å². The first kappa shape index (κ1) is 23.4. The van der Waals surface area contributed by atoms with Gasteiger partial charge in [0.1, 0.15) is 0 Å². The third kappa shape index (κ3) is 10.3. The number of hydrogen-bond donors (Lipinski definition) is 3. The number of anilines is 2. The van der Waals surface area contributed by atoms with Gasteiger partial charge in [-0.3, -0.25) is 9.52 Å². The molecule has 10 nitrogen and oxygen atoms in total. The maximum absolute atomic E-state index is 11.5. The van der Waals surface area contributed by atoms with E-state index in [0.717, 1.165) is 19.1 Å². The molecule has 1 atom stereocenters. The van der Waals surface area contributed by atoms with Gasteiger partial charge in [0.2, 0.25) is 28.3 Å². The van der Waals surface area contributed by atoms with E-state index in [2.05, 4.69) is 25.0 Å². The minimum absolute atomic E-state index is 0.0799. The molecule has 0 saturated heterocycles. The minimum Gasteiger partial charge on any atom is -0.394 e. The normalized spacial score (nSPS) is 12.7. The Kier molecular flexibility index (Phi) is 9.74. The summed E-state index contributed by atoms with van der Waals surface area (Å²) in [5.74, 6) is 1.12. The van der Waals surface area contributed by atoms with Gasteiger partial charge < -0.3 is 15.3 Å². The summed E-state index contributed by atoms with van der Waals surface area (Å²) in [6, 6.07) is -0.252. The van der Waals surface area contributed by atoms with Crippen molar-refractivity contribution in [2.75, 3.05) is 42.2 Å². The summed E-state index contributed by atoms with van der Waals surface area (Å²) in [4.78, 5) is 24.6. The summed E-state index contributed by atoms with van der Waals surface area (Å²) in [6.45, 7) is 4.57. The van der Waals surface area contributed by atoms with E-state index in [1.165, 1.54) is 16.7 Å². The SMILES string of the molecule is CC(C)C[C@H](CO)Nc1nc(NS(C)(=O)=O)nc(SCCCN(C)C=O)n1. The van der Waals surface area contributed by atoms with E-state index in [1.807, 2.05) is 13.8 Å². The highest BCUT2D eigenvalue weighted by Crippen LogP contribution is 2.19. The van der Waals surface area contributed by atoms with Crippen molar-refractivity contribution in [2.24, 2.45) is 5.92 Å². The fraction of sp³-hybridized carbons (Fsp3) is 0.733. The van der Waals surface area contributed by atoms with Crippen molar-refractivity contribution in [3.05, 3.63) is 0 Å². The predicted octanol–water partition coefficient (Wildman–Crippen LogP) is 0.632. The largest absolute Gasteiger partial charge is 0.394 e. The number of aromatic nitrogens is 3. The van der Waals surface area contributed by atoms with Crippen LogP contribution in [0.5, 0.6) is 0 Å². The van der Waals surface area contributed by atoms with Crippen LogP contribution in [0.2, 0.25) is 0 Å². The summed E-state index contributed by atoms with van der Waals surface area (Å²) in [5, 5.41) is 12.9. The molecule has 12 heteroatoms. The van der Waals surface area contributed by atoms with Crippen molar-refractivity contribution < 1.29 is 18.3 Å². The molecule has 0 aliphatic carbocycles. The summed E-state index contributed by atoms with van der Waals surface area (Å²) in [7, 11) is -1.84. The van der Waals surface area contributed by atoms with Gasteiger partial charge in [-0.25, -0.2) is 8.42 Å². The lowest BCUT2D eigenvalue weighted by Gasteiger charge is -2.18. The third-order valence-corrected chi connectivity index (χ3v) is 4.75. The van der Waals surface area contributed by atoms with Gasteiger partial charge in [-0.1, -0.05) is 25.6 Å². The summed E-state index contributed by atoms with van der Waals surface area (Å²) < 4.78 is 25.2. The highest BCUT2D eigenvalue weighted by molar-refractivity contribution is 7.99. The molecule has 1 aromatic rings. The second-order valence-corrected chi connectivity index (χ2v) is 9.39. The van der Waals surface area contributed by atoms with Crippen LogP contribution in [0.15, 0.2) is 5.16 Å². The topological polar surface area (TPSA) is 137 Å². The fourth-order valence-electron chi connectivity index (χ4n) is 2.16. The molecule has 1 aromatic heterocycles. The van der Waals surface area contributed by atoms with Gasteiger partial charge in [0.05, 0.1) is 18.9 Å². The van der Waals surface area contributed by atoms with Crippen molar-refractivity contribution in [1.82, 2.24) is 19.9 Å². The Morgan fingerprint density at radius 2 is 1.93 bits per heavy atom. The zero-order valence-electron chi connectivity index (χ0n) is 16.0. The number of thioether (sulfide) groups is 1. The van der Waals surface area contributed by atoms with Crippen LogP contribution in [0, 0.1) is 5.92 Å². The number of rotatable bonds is 13. The van der Waals surface area contributed by atoms with E-state index < -0.39 is 10.0 Å². The molecule has 1 amide bonds. The zero-order chi connectivity index (χ0) is 20.4. The van der Waals surface area contributed by atoms with Gasteiger partial charge in [0.25, 0.3) is 0 Å². The molecule has 3 N–H and O–H groups in total. The van der Waals surface area contributed by atoms with Gasteiger partial charge in [0, 0.05) is 19.3 Å². The van der Waals surface area contributed by atoms with Gasteiger partial charge in [-0.05, 0) is 18.8 Å². The summed E-state index contributed by atoms with van der Waals surface area (Å²) in [5.41, 5.74) is 0. The molecule has 0 fully saturated rings. The Morgan fingerprint density at radius 1 is 1.26 bits per heavy atom. The molecule has 27 heavy (non-hydrogen) atoms. The summed E-state index contributed by atoms with van der Waals surface area (Å²) >= 11 is 1.33. The van der Waals surface area contributed by atoms with Crippen LogP contribution in [0.3, 0.4) is 0 Å². The Morgan fingerprint density at radius 3 is 2.48 bits per heavy atom. The van der Waals surface area contributed by atoms with E-state index in [0.29, 0.717) is 29.8 Å². The fourth-order valence-corrected chi connectivity index (χ4v) is 3.34. The van der Waals surface area contributed by atoms with Crippen LogP contribution in [-0.2, 0) is 14.8 Å². The van der Waals surface area contributed by atoms with Gasteiger partial charge in [-0.2, -0.15) is 15.0 Å². The molecule has 154 valence electrons. The standard InChI is InChI=1S/C15H28N6O4S2/c1-11(2)8-12(9-22)16-13-17-14(20-27(4,24)25)19-15(18-13)26-7-5-6-21(3)10-23/h10-12,22H,5-9H2,1-4H3,(H2,16,17,18,19,20)/t12-/m1/s1. The smallest absolute Gasteiger partial charge is 0.242 e. The molecule has 0 bridgehead atoms. The molecule has 0 saturated carbocycles. The van der Waals surface area contributed by atoms with E-state index >= 15 is 0 Å². The van der Waals surface area contributed by atoms with E-state index in [4.69, 9.17) is 0 Å². The minimum atomic E-state index is -3.54. The first-order valence-electron chi connectivity index (χ1n) is 8.52. The van der Waals surface area contributed by atoms with Gasteiger partial charge in [-0.15, -0.1) is 0 Å². The van der Waals surface area contributed by atoms with Gasteiger partial charge in [0.15, 0.2) is 5.16 Å². The quantitative estimate of drug-likeness (QED) is 0.238. The van der Waals surface area contributed by atoms with Crippen LogP contribution in [-0.4, -0.2) is 78.0 Å². The number of carbonyl (C=O) groups is 1. The molecule has 0 aliphatic heterocycles. The average Bonchev–Trinajstić information content (AvgIpc) is 2.55. The molecule has 0 spiro atoms. The maximum atomic E-state index is 11.5. The average molecular weight is 421 g/mol. The highest BCUT2D eigenvalue weighted by atomic mass is 32.2. The second-order valence-electron chi connectivity index (χ2n) is 6.58. The van der Waals surface area contributed by atoms with Crippen molar-refractivity contribution in [3.8, 4) is 0 Å². The zero-order valence-corrected chi connectivity index (χ0v) is 17.7. The number of sulfonamides is 1. The lowest BCUT2D eigenvalue weighted by Crippen LogP contribution is -2.27. The molecule has 1 heterocycles. The first-order chi connectivity index (χ1) is 12.6. The summed E-state index contributed by atoms with van der Waals surface area (Å²) in [6.07, 6.45) is 3.21. The lowest BCUT2D eigenvalue weighted by atomic mass is 10.0. The predicted molar refractivity (Wildman–Crippen MR) is 106 cm³/mol. The number of carbonyl (C=O) groups excluding carboxylic acids is 1. The second kappa shape index (κ2) is 11.2. The maximum Gasteiger partial charge on any atom is 0.242 e. The van der Waals surface area contributed by atoms with Crippen LogP contribution < -0.4 is 10.0 Å². The van der Waals surface area contributed by atoms with Crippen LogP contribution >= 0.6 is 11.8 Å². The monoisotopic (exact) mass is 420 g/mol. The molecule has 0 unspecified atom stereocenters. The molecular formula is C15H28N6O4S2. The van der Waals surface area contributed by atoms with E-state index in [-0.39, 0.29) is 24.5 Å². The number of nitrogens with one attached hydrogen (secondary N) is 2. The van der Waals surface area contributed by atoms with E-state index in [1.54, 1.807) is 7.05 Å². The van der Waals surface area contributed by atoms with Gasteiger partial charge >= 0.3 is 0 Å². The number of amides is 1. The number of hydrogen-bond acceptors (Lipinski definition) is 9. The van der Waals surface area contributed by atoms with Crippen LogP contribution in [0.4, 0.5) is 11.9 Å². The van der Waals surface area contributed by atoms with Crippen LogP contribution in [0.1, 0.15) is 26.7 Å². The van der Waals surface area contributed by atoms with Crippen LogP contribution in [0.25, 0.3) is 0 Å². The highest BCUT2D eigenvalue weighted by Gasteiger charge is 2.15. The lowest BCUT2D eigenvalue weighted by molar-refractivity contribution is -0.117. The Bertz CT molecular complexity index is 702. The first-order valence-corrected chi connectivity index (χ1v) is 11.4. The number of aliphatic hydroxyl groups excluding tert-OH is 1. The third-order valence-electron chi connectivity index (χ3n) is 3.27. The van der Waals surface area contributed by atoms with Crippen molar-refractivity contribution in [2.45, 2.75) is 37.9 Å². The number of nitrogens with zero attached hydrogens (tertiary/aromatic N) is 4. The molecular weight excluding hydrogens is 392 g/mol. The molecule has 1 rings (SSSR count). The number of aliphatic hydroxyl groups is 1. The Hall–Kier alpha value is -1.66. The molecule has 0 radical (unpaired) electrons. The van der Waals surface area contributed by atoms with Crippen molar-refractivity contribution in [1.29, 1.82) is 0 Å². The Labute approximate surface area is 164 Å². The molecule has 0 aromatic carbocycles. The van der Waals surface area contributed by atoms with E-state index in [9.17, 15) is 18.3 Å². The molecule has 0 aliphatic rings. The van der Waals surface area contributed by atoms with Crippen molar-refractivity contribution >= 4 is 40.1 Å². The Balaban J connectivity index is 2.90.